The first-order chi connectivity index (χ1) is 8.75. The predicted octanol–water partition coefficient (Wildman–Crippen LogP) is 0.943. The van der Waals surface area contributed by atoms with E-state index >= 15 is 0 Å². The Bertz CT molecular complexity index is 639. The molecule has 0 atom stereocenters. The van der Waals surface area contributed by atoms with E-state index in [1.807, 2.05) is 0 Å². The van der Waals surface area contributed by atoms with Crippen LogP contribution in [0.5, 0.6) is 0 Å². The zero-order valence-electron chi connectivity index (χ0n) is 9.67. The first-order valence-corrected chi connectivity index (χ1v) is 5.87. The molecule has 0 saturated heterocycles. The van der Waals surface area contributed by atoms with Gasteiger partial charge in [-0.15, -0.1) is 0 Å². The highest BCUT2D eigenvalue weighted by Crippen LogP contribution is 2.29. The number of esters is 1. The van der Waals surface area contributed by atoms with Crippen molar-refractivity contribution >= 4 is 17.2 Å². The van der Waals surface area contributed by atoms with Gasteiger partial charge in [0.15, 0.2) is 11.2 Å². The van der Waals surface area contributed by atoms with Crippen LogP contribution >= 0.6 is 0 Å². The van der Waals surface area contributed by atoms with Crippen LogP contribution in [0.25, 0.3) is 11.2 Å². The molecule has 1 aliphatic rings. The molecule has 6 nitrogen and oxygen atoms in total. The standard InChI is InChI=1S/C12H12N2O4/c15-11(8-3-4-8)17-7-6-14-10-9(18-12(14)16)2-1-5-13-10/h1-2,5,8H,3-4,6-7H2. The predicted molar refractivity (Wildman–Crippen MR) is 62.0 cm³/mol. The van der Waals surface area contributed by atoms with Crippen molar-refractivity contribution in [3.8, 4) is 0 Å². The molecular weight excluding hydrogens is 236 g/mol. The van der Waals surface area contributed by atoms with E-state index in [0.29, 0.717) is 11.2 Å². The summed E-state index contributed by atoms with van der Waals surface area (Å²) in [7, 11) is 0. The fraction of sp³-hybridized carbons (Fsp3) is 0.417. The average molecular weight is 248 g/mol. The number of fused-ring (bicyclic) bond motifs is 1. The maximum absolute atomic E-state index is 11.6. The van der Waals surface area contributed by atoms with E-state index in [0.717, 1.165) is 12.8 Å². The van der Waals surface area contributed by atoms with Crippen molar-refractivity contribution in [2.75, 3.05) is 6.61 Å². The zero-order chi connectivity index (χ0) is 12.5. The molecule has 0 N–H and O–H groups in total. The van der Waals surface area contributed by atoms with Gasteiger partial charge in [0.2, 0.25) is 0 Å². The molecule has 0 aliphatic heterocycles. The number of aromatic nitrogens is 2. The molecule has 2 aromatic heterocycles. The highest BCUT2D eigenvalue weighted by atomic mass is 16.5. The number of carbonyl (C=O) groups excluding carboxylic acids is 1. The summed E-state index contributed by atoms with van der Waals surface area (Å²) in [6.45, 7) is 0.432. The van der Waals surface area contributed by atoms with Crippen molar-refractivity contribution in [2.24, 2.45) is 5.92 Å². The van der Waals surface area contributed by atoms with Gasteiger partial charge in [-0.1, -0.05) is 0 Å². The smallest absolute Gasteiger partial charge is 0.421 e. The summed E-state index contributed by atoms with van der Waals surface area (Å²) >= 11 is 0. The third kappa shape index (κ3) is 2.01. The van der Waals surface area contributed by atoms with Crippen LogP contribution in [0.2, 0.25) is 0 Å². The third-order valence-electron chi connectivity index (χ3n) is 2.89. The summed E-state index contributed by atoms with van der Waals surface area (Å²) in [6.07, 6.45) is 3.41. The lowest BCUT2D eigenvalue weighted by atomic mass is 10.4. The minimum atomic E-state index is -0.480. The molecule has 3 rings (SSSR count). The molecule has 0 unspecified atom stereocenters. The summed E-state index contributed by atoms with van der Waals surface area (Å²) in [5.41, 5.74) is 0.918. The van der Waals surface area contributed by atoms with Gasteiger partial charge >= 0.3 is 11.7 Å². The van der Waals surface area contributed by atoms with Crippen molar-refractivity contribution < 1.29 is 13.9 Å². The maximum Gasteiger partial charge on any atom is 0.421 e. The van der Waals surface area contributed by atoms with Crippen molar-refractivity contribution in [2.45, 2.75) is 19.4 Å². The lowest BCUT2D eigenvalue weighted by molar-refractivity contribution is -0.145. The molecular formula is C12H12N2O4. The van der Waals surface area contributed by atoms with Crippen LogP contribution in [0.1, 0.15) is 12.8 Å². The Labute approximate surface area is 102 Å². The van der Waals surface area contributed by atoms with E-state index in [-0.39, 0.29) is 25.0 Å². The van der Waals surface area contributed by atoms with Gasteiger partial charge in [-0.3, -0.25) is 9.36 Å². The van der Waals surface area contributed by atoms with Gasteiger partial charge in [0, 0.05) is 6.20 Å². The minimum Gasteiger partial charge on any atom is -0.464 e. The molecule has 0 amide bonds. The third-order valence-corrected chi connectivity index (χ3v) is 2.89. The lowest BCUT2D eigenvalue weighted by Gasteiger charge is -2.03. The molecule has 2 aromatic rings. The molecule has 0 spiro atoms. The Kier molecular flexibility index (Phi) is 2.62. The Morgan fingerprint density at radius 1 is 1.56 bits per heavy atom. The number of rotatable bonds is 4. The second kappa shape index (κ2) is 4.29. The largest absolute Gasteiger partial charge is 0.464 e. The van der Waals surface area contributed by atoms with Gasteiger partial charge in [-0.2, -0.15) is 0 Å². The second-order valence-corrected chi connectivity index (χ2v) is 4.29. The van der Waals surface area contributed by atoms with E-state index in [1.54, 1.807) is 18.3 Å². The van der Waals surface area contributed by atoms with Gasteiger partial charge in [0.05, 0.1) is 12.5 Å². The average Bonchev–Trinajstić information content (AvgIpc) is 3.15. The Morgan fingerprint density at radius 3 is 3.17 bits per heavy atom. The first kappa shape index (κ1) is 11.0. The number of oxazole rings is 1. The fourth-order valence-corrected chi connectivity index (χ4v) is 1.77. The van der Waals surface area contributed by atoms with Gasteiger partial charge < -0.3 is 9.15 Å². The lowest BCUT2D eigenvalue weighted by Crippen LogP contribution is -2.19. The summed E-state index contributed by atoms with van der Waals surface area (Å²) in [4.78, 5) is 27.0. The van der Waals surface area contributed by atoms with Crippen LogP contribution < -0.4 is 5.76 Å². The van der Waals surface area contributed by atoms with Gasteiger partial charge in [0.25, 0.3) is 0 Å². The van der Waals surface area contributed by atoms with Crippen LogP contribution in [0.15, 0.2) is 27.5 Å². The monoisotopic (exact) mass is 248 g/mol. The molecule has 2 heterocycles. The number of pyridine rings is 1. The van der Waals surface area contributed by atoms with Crippen LogP contribution in [0.3, 0.4) is 0 Å². The molecule has 6 heteroatoms. The molecule has 1 aliphatic carbocycles. The quantitative estimate of drug-likeness (QED) is 0.753. The number of carbonyl (C=O) groups is 1. The SMILES string of the molecule is O=C(OCCn1c(=O)oc2cccnc21)C1CC1. The summed E-state index contributed by atoms with van der Waals surface area (Å²) < 4.78 is 11.5. The summed E-state index contributed by atoms with van der Waals surface area (Å²) in [6, 6.07) is 3.37. The topological polar surface area (TPSA) is 74.3 Å². The Hall–Kier alpha value is -2.11. The zero-order valence-corrected chi connectivity index (χ0v) is 9.67. The second-order valence-electron chi connectivity index (χ2n) is 4.29. The van der Waals surface area contributed by atoms with Crippen LogP contribution in [0, 0.1) is 5.92 Å². The van der Waals surface area contributed by atoms with Crippen molar-refractivity contribution in [1.82, 2.24) is 9.55 Å². The molecule has 1 fully saturated rings. The van der Waals surface area contributed by atoms with E-state index < -0.39 is 5.76 Å². The Balaban J connectivity index is 1.72. The minimum absolute atomic E-state index is 0.0703. The first-order valence-electron chi connectivity index (χ1n) is 5.87. The van der Waals surface area contributed by atoms with E-state index in [2.05, 4.69) is 4.98 Å². The highest BCUT2D eigenvalue weighted by molar-refractivity contribution is 5.74. The molecule has 18 heavy (non-hydrogen) atoms. The van der Waals surface area contributed by atoms with Crippen molar-refractivity contribution in [3.63, 3.8) is 0 Å². The highest BCUT2D eigenvalue weighted by Gasteiger charge is 2.31. The van der Waals surface area contributed by atoms with Crippen molar-refractivity contribution in [3.05, 3.63) is 28.9 Å². The van der Waals surface area contributed by atoms with Crippen LogP contribution in [0.4, 0.5) is 0 Å². The van der Waals surface area contributed by atoms with Gasteiger partial charge in [-0.05, 0) is 25.0 Å². The van der Waals surface area contributed by atoms with Gasteiger partial charge in [-0.25, -0.2) is 9.78 Å². The van der Waals surface area contributed by atoms with E-state index in [4.69, 9.17) is 9.15 Å². The van der Waals surface area contributed by atoms with Crippen LogP contribution in [-0.4, -0.2) is 22.1 Å². The Morgan fingerprint density at radius 2 is 2.39 bits per heavy atom. The summed E-state index contributed by atoms with van der Waals surface area (Å²) in [5.74, 6) is -0.587. The van der Waals surface area contributed by atoms with Crippen LogP contribution in [-0.2, 0) is 16.1 Å². The molecule has 0 aromatic carbocycles. The van der Waals surface area contributed by atoms with Crippen molar-refractivity contribution in [1.29, 1.82) is 0 Å². The fourth-order valence-electron chi connectivity index (χ4n) is 1.77. The number of ether oxygens (including phenoxy) is 1. The number of nitrogens with zero attached hydrogens (tertiary/aromatic N) is 2. The number of hydrogen-bond donors (Lipinski definition) is 0. The molecule has 94 valence electrons. The normalized spacial score (nSPS) is 14.9. The molecule has 1 saturated carbocycles. The molecule has 0 bridgehead atoms. The van der Waals surface area contributed by atoms with E-state index in [1.165, 1.54) is 4.57 Å². The van der Waals surface area contributed by atoms with E-state index in [9.17, 15) is 9.59 Å². The maximum atomic E-state index is 11.6. The summed E-state index contributed by atoms with van der Waals surface area (Å²) in [5, 5.41) is 0. The van der Waals surface area contributed by atoms with Gasteiger partial charge in [0.1, 0.15) is 6.61 Å². The number of hydrogen-bond acceptors (Lipinski definition) is 5. The molecule has 0 radical (unpaired) electrons.